The Morgan fingerprint density at radius 1 is 1.15 bits per heavy atom. The zero-order valence-electron chi connectivity index (χ0n) is 15.3. The molecule has 1 amide bonds. The van der Waals surface area contributed by atoms with Crippen molar-refractivity contribution in [1.82, 2.24) is 29.9 Å². The van der Waals surface area contributed by atoms with E-state index in [1.54, 1.807) is 0 Å². The number of hydrogen-bond acceptors (Lipinski definition) is 4. The summed E-state index contributed by atoms with van der Waals surface area (Å²) in [6.07, 6.45) is 10.1. The van der Waals surface area contributed by atoms with Gasteiger partial charge in [0.25, 0.3) is 5.91 Å². The van der Waals surface area contributed by atoms with Crippen molar-refractivity contribution >= 4 is 16.9 Å². The summed E-state index contributed by atoms with van der Waals surface area (Å²) in [5, 5.41) is 10.7. The maximum absolute atomic E-state index is 13.0. The molecule has 140 valence electrons. The predicted molar refractivity (Wildman–Crippen MR) is 101 cm³/mol. The summed E-state index contributed by atoms with van der Waals surface area (Å²) in [5.41, 5.74) is 2.18. The van der Waals surface area contributed by atoms with Gasteiger partial charge in [0.2, 0.25) is 0 Å². The van der Waals surface area contributed by atoms with E-state index in [-0.39, 0.29) is 5.91 Å². The van der Waals surface area contributed by atoms with Gasteiger partial charge in [0, 0.05) is 43.5 Å². The molecule has 1 aliphatic carbocycles. The maximum Gasteiger partial charge on any atom is 0.253 e. The van der Waals surface area contributed by atoms with Crippen LogP contribution in [0.15, 0.2) is 30.6 Å². The lowest BCUT2D eigenvalue weighted by Crippen LogP contribution is -2.40. The molecule has 1 atom stereocenters. The van der Waals surface area contributed by atoms with Gasteiger partial charge in [-0.15, -0.1) is 0 Å². The molecule has 7 nitrogen and oxygen atoms in total. The van der Waals surface area contributed by atoms with E-state index in [1.807, 2.05) is 29.3 Å². The van der Waals surface area contributed by atoms with Gasteiger partial charge in [-0.3, -0.25) is 4.79 Å². The average Bonchev–Trinajstić information content (AvgIpc) is 3.32. The fourth-order valence-corrected chi connectivity index (χ4v) is 4.32. The highest BCUT2D eigenvalue weighted by Gasteiger charge is 2.29. The van der Waals surface area contributed by atoms with E-state index < -0.39 is 0 Å². The number of imidazole rings is 1. The Labute approximate surface area is 157 Å². The van der Waals surface area contributed by atoms with Crippen LogP contribution in [0.4, 0.5) is 0 Å². The molecule has 1 N–H and O–H groups in total. The minimum atomic E-state index is 0.0710. The molecule has 0 radical (unpaired) electrons. The number of likely N-dealkylation sites (tertiary alicyclic amines) is 1. The summed E-state index contributed by atoms with van der Waals surface area (Å²) in [6, 6.07) is 5.51. The number of nitrogens with zero attached hydrogens (tertiary/aromatic N) is 5. The molecule has 2 fully saturated rings. The van der Waals surface area contributed by atoms with Gasteiger partial charge in [-0.05, 0) is 49.8 Å². The molecular formula is C20H24N6O. The Bertz CT molecular complexity index is 956. The fraction of sp³-hybridized carbons (Fsp3) is 0.500. The van der Waals surface area contributed by atoms with Crippen LogP contribution in [-0.2, 0) is 6.54 Å². The number of hydrogen-bond donors (Lipinski definition) is 1. The summed E-state index contributed by atoms with van der Waals surface area (Å²) < 4.78 is 2.32. The third kappa shape index (κ3) is 3.11. The predicted octanol–water partition coefficient (Wildman–Crippen LogP) is 2.97. The lowest BCUT2D eigenvalue weighted by Gasteiger charge is -2.33. The lowest BCUT2D eigenvalue weighted by molar-refractivity contribution is 0.0702. The third-order valence-electron chi connectivity index (χ3n) is 6.06. The summed E-state index contributed by atoms with van der Waals surface area (Å²) in [4.78, 5) is 19.7. The van der Waals surface area contributed by atoms with Crippen molar-refractivity contribution in [3.63, 3.8) is 0 Å². The first-order valence-corrected chi connectivity index (χ1v) is 9.89. The summed E-state index contributed by atoms with van der Waals surface area (Å²) in [6.45, 7) is 2.61. The number of aromatic nitrogens is 5. The Balaban J connectivity index is 1.33. The lowest BCUT2D eigenvalue weighted by atomic mass is 9.85. The minimum absolute atomic E-state index is 0.0710. The number of piperidine rings is 1. The number of carbonyl (C=O) groups is 1. The van der Waals surface area contributed by atoms with Crippen LogP contribution in [0.5, 0.6) is 0 Å². The van der Waals surface area contributed by atoms with Gasteiger partial charge >= 0.3 is 0 Å². The fourth-order valence-electron chi connectivity index (χ4n) is 4.32. The number of rotatable bonds is 4. The molecule has 27 heavy (non-hydrogen) atoms. The van der Waals surface area contributed by atoms with Crippen LogP contribution in [0, 0.1) is 5.92 Å². The van der Waals surface area contributed by atoms with E-state index in [0.717, 1.165) is 55.3 Å². The van der Waals surface area contributed by atoms with Crippen LogP contribution in [-0.4, -0.2) is 48.9 Å². The highest BCUT2D eigenvalue weighted by Crippen LogP contribution is 2.31. The molecule has 1 aromatic carbocycles. The van der Waals surface area contributed by atoms with Gasteiger partial charge in [-0.2, -0.15) is 15.4 Å². The van der Waals surface area contributed by atoms with Gasteiger partial charge in [-0.25, -0.2) is 4.98 Å². The van der Waals surface area contributed by atoms with Gasteiger partial charge in [-0.1, -0.05) is 6.42 Å². The van der Waals surface area contributed by atoms with Gasteiger partial charge in [0.15, 0.2) is 0 Å². The van der Waals surface area contributed by atoms with E-state index in [4.69, 9.17) is 0 Å². The van der Waals surface area contributed by atoms with Crippen molar-refractivity contribution in [1.29, 1.82) is 0 Å². The number of aromatic amines is 1. The van der Waals surface area contributed by atoms with E-state index in [1.165, 1.54) is 19.3 Å². The molecule has 3 heterocycles. The molecule has 1 unspecified atom stereocenters. The van der Waals surface area contributed by atoms with E-state index in [9.17, 15) is 4.79 Å². The Hall–Kier alpha value is -2.70. The van der Waals surface area contributed by atoms with E-state index in [0.29, 0.717) is 11.5 Å². The van der Waals surface area contributed by atoms with Gasteiger partial charge in [0.05, 0.1) is 0 Å². The highest BCUT2D eigenvalue weighted by atomic mass is 16.2. The van der Waals surface area contributed by atoms with Crippen molar-refractivity contribution < 1.29 is 4.79 Å². The average molecular weight is 364 g/mol. The van der Waals surface area contributed by atoms with E-state index in [2.05, 4.69) is 31.2 Å². The number of nitrogens with one attached hydrogen (secondary N) is 1. The van der Waals surface area contributed by atoms with Crippen molar-refractivity contribution in [3.05, 3.63) is 42.0 Å². The highest BCUT2D eigenvalue weighted by molar-refractivity contribution is 5.97. The van der Waals surface area contributed by atoms with Crippen LogP contribution in [0.25, 0.3) is 11.0 Å². The molecule has 3 aromatic rings. The number of amides is 1. The molecule has 1 saturated carbocycles. The quantitative estimate of drug-likeness (QED) is 0.772. The second-order valence-electron chi connectivity index (χ2n) is 7.85. The van der Waals surface area contributed by atoms with E-state index >= 15 is 0 Å². The SMILES string of the molecule is O=C(c1ccc2n[nH]nc2c1)N1CCCC(c2nccn2CC2CCC2)C1. The van der Waals surface area contributed by atoms with Gasteiger partial charge in [0.1, 0.15) is 16.9 Å². The monoisotopic (exact) mass is 364 g/mol. The van der Waals surface area contributed by atoms with Crippen molar-refractivity contribution in [3.8, 4) is 0 Å². The number of carbonyl (C=O) groups excluding carboxylic acids is 1. The second-order valence-corrected chi connectivity index (χ2v) is 7.85. The topological polar surface area (TPSA) is 79.7 Å². The molecule has 1 aliphatic heterocycles. The third-order valence-corrected chi connectivity index (χ3v) is 6.06. The maximum atomic E-state index is 13.0. The molecule has 0 spiro atoms. The number of fused-ring (bicyclic) bond motifs is 1. The zero-order valence-corrected chi connectivity index (χ0v) is 15.3. The normalized spacial score (nSPS) is 20.7. The summed E-state index contributed by atoms with van der Waals surface area (Å²) >= 11 is 0. The zero-order chi connectivity index (χ0) is 18.2. The van der Waals surface area contributed by atoms with Crippen molar-refractivity contribution in [2.45, 2.75) is 44.6 Å². The van der Waals surface area contributed by atoms with Crippen molar-refractivity contribution in [2.75, 3.05) is 13.1 Å². The smallest absolute Gasteiger partial charge is 0.253 e. The Kier molecular flexibility index (Phi) is 4.14. The van der Waals surface area contributed by atoms with Crippen LogP contribution in [0.2, 0.25) is 0 Å². The molecule has 0 bridgehead atoms. The van der Waals surface area contributed by atoms with Crippen LogP contribution in [0.1, 0.15) is 54.2 Å². The van der Waals surface area contributed by atoms with Crippen LogP contribution in [0.3, 0.4) is 0 Å². The molecule has 2 aliphatic rings. The number of benzene rings is 1. The minimum Gasteiger partial charge on any atom is -0.338 e. The Morgan fingerprint density at radius 3 is 2.89 bits per heavy atom. The van der Waals surface area contributed by atoms with Crippen LogP contribution >= 0.6 is 0 Å². The largest absolute Gasteiger partial charge is 0.338 e. The summed E-state index contributed by atoms with van der Waals surface area (Å²) in [7, 11) is 0. The van der Waals surface area contributed by atoms with Gasteiger partial charge < -0.3 is 9.47 Å². The molecule has 1 saturated heterocycles. The summed E-state index contributed by atoms with van der Waals surface area (Å²) in [5.74, 6) is 2.33. The molecular weight excluding hydrogens is 340 g/mol. The second kappa shape index (κ2) is 6.79. The molecule has 7 heteroatoms. The first-order chi connectivity index (χ1) is 13.3. The molecule has 2 aromatic heterocycles. The van der Waals surface area contributed by atoms with Crippen molar-refractivity contribution in [2.24, 2.45) is 5.92 Å². The first-order valence-electron chi connectivity index (χ1n) is 9.89. The Morgan fingerprint density at radius 2 is 2.04 bits per heavy atom. The standard InChI is InChI=1S/C20H24N6O/c27-20(15-6-7-17-18(11-15)23-24-22-17)26-9-2-5-16(13-26)19-21-8-10-25(19)12-14-3-1-4-14/h6-8,10-11,14,16H,1-5,9,12-13H2,(H,22,23,24). The first kappa shape index (κ1) is 16.5. The number of H-pyrrole nitrogens is 1. The van der Waals surface area contributed by atoms with Crippen LogP contribution < -0.4 is 0 Å². The molecule has 5 rings (SSSR count).